The summed E-state index contributed by atoms with van der Waals surface area (Å²) in [4.78, 5) is 26.5. The van der Waals surface area contributed by atoms with Crippen LogP contribution in [0.1, 0.15) is 51.7 Å². The first kappa shape index (κ1) is 18.0. The molecule has 1 aromatic rings. The van der Waals surface area contributed by atoms with Gasteiger partial charge in [0.05, 0.1) is 5.92 Å². The van der Waals surface area contributed by atoms with E-state index in [0.29, 0.717) is 18.9 Å². The molecule has 0 unspecified atom stereocenters. The van der Waals surface area contributed by atoms with Gasteiger partial charge in [-0.05, 0) is 64.0 Å². The lowest BCUT2D eigenvalue weighted by atomic mass is 9.88. The molecule has 1 aromatic carbocycles. The van der Waals surface area contributed by atoms with Crippen molar-refractivity contribution in [1.82, 2.24) is 10.2 Å². The minimum absolute atomic E-state index is 0.0250. The average molecular weight is 342 g/mol. The van der Waals surface area contributed by atoms with Crippen LogP contribution in [0.15, 0.2) is 24.3 Å². The van der Waals surface area contributed by atoms with Gasteiger partial charge >= 0.3 is 0 Å². The van der Waals surface area contributed by atoms with E-state index in [4.69, 9.17) is 0 Å². The van der Waals surface area contributed by atoms with Gasteiger partial charge in [-0.15, -0.1) is 0 Å². The highest BCUT2D eigenvalue weighted by atomic mass is 16.2. The second kappa shape index (κ2) is 6.81. The number of nitrogens with one attached hydrogen (secondary N) is 1. The maximum Gasteiger partial charge on any atom is 0.225 e. The van der Waals surface area contributed by atoms with Crippen molar-refractivity contribution in [2.75, 3.05) is 6.54 Å². The highest BCUT2D eigenvalue weighted by Gasteiger charge is 2.38. The number of rotatable bonds is 5. The molecule has 1 aliphatic carbocycles. The number of amides is 2. The molecule has 0 bridgehead atoms. The second-order valence-corrected chi connectivity index (χ2v) is 8.66. The lowest BCUT2D eigenvalue weighted by Crippen LogP contribution is -2.48. The molecule has 25 heavy (non-hydrogen) atoms. The van der Waals surface area contributed by atoms with E-state index in [-0.39, 0.29) is 29.3 Å². The van der Waals surface area contributed by atoms with E-state index in [1.165, 1.54) is 11.1 Å². The smallest absolute Gasteiger partial charge is 0.225 e. The second-order valence-electron chi connectivity index (χ2n) is 8.66. The van der Waals surface area contributed by atoms with E-state index in [1.54, 1.807) is 0 Å². The minimum Gasteiger partial charge on any atom is -0.351 e. The molecule has 3 rings (SSSR count). The number of likely N-dealkylation sites (tertiary alicyclic amines) is 1. The molecule has 2 aliphatic rings. The van der Waals surface area contributed by atoms with Crippen LogP contribution < -0.4 is 5.32 Å². The third kappa shape index (κ3) is 4.05. The molecule has 2 amide bonds. The Hall–Kier alpha value is -1.84. The van der Waals surface area contributed by atoms with Gasteiger partial charge < -0.3 is 10.2 Å². The molecule has 1 aliphatic heterocycles. The van der Waals surface area contributed by atoms with Crippen molar-refractivity contribution in [3.8, 4) is 0 Å². The normalized spacial score (nSPS) is 21.1. The molecular formula is C21H30N2O2. The van der Waals surface area contributed by atoms with Crippen LogP contribution in [0, 0.1) is 11.8 Å². The predicted octanol–water partition coefficient (Wildman–Crippen LogP) is 2.94. The Balaban J connectivity index is 1.55. The molecule has 0 saturated carbocycles. The molecule has 1 saturated heterocycles. The standard InChI is InChI=1S/C21H30N2O2/c1-14(2)23-13-18(11-19(23)24)20(25)22-21(3,4)12-15-9-16-7-5-6-8-17(16)10-15/h5-8,14-15,18H,9-13H2,1-4H3,(H,22,25)/t18-/m0/s1. The zero-order valence-corrected chi connectivity index (χ0v) is 15.8. The number of hydrogen-bond acceptors (Lipinski definition) is 2. The summed E-state index contributed by atoms with van der Waals surface area (Å²) in [5.41, 5.74) is 2.64. The summed E-state index contributed by atoms with van der Waals surface area (Å²) in [6.45, 7) is 8.75. The Morgan fingerprint density at radius 2 is 1.80 bits per heavy atom. The van der Waals surface area contributed by atoms with Crippen molar-refractivity contribution < 1.29 is 9.59 Å². The van der Waals surface area contributed by atoms with Crippen LogP contribution in [0.25, 0.3) is 0 Å². The van der Waals surface area contributed by atoms with Gasteiger partial charge in [-0.25, -0.2) is 0 Å². The zero-order chi connectivity index (χ0) is 18.2. The summed E-state index contributed by atoms with van der Waals surface area (Å²) in [6.07, 6.45) is 3.49. The van der Waals surface area contributed by atoms with Gasteiger partial charge in [-0.1, -0.05) is 24.3 Å². The predicted molar refractivity (Wildman–Crippen MR) is 99.1 cm³/mol. The number of benzene rings is 1. The van der Waals surface area contributed by atoms with Gasteiger partial charge in [0.15, 0.2) is 0 Å². The molecule has 0 aromatic heterocycles. The van der Waals surface area contributed by atoms with Crippen molar-refractivity contribution in [2.45, 2.75) is 65.0 Å². The van der Waals surface area contributed by atoms with Crippen molar-refractivity contribution in [3.63, 3.8) is 0 Å². The summed E-state index contributed by atoms with van der Waals surface area (Å²) < 4.78 is 0. The first-order valence-electron chi connectivity index (χ1n) is 9.43. The number of fused-ring (bicyclic) bond motifs is 1. The van der Waals surface area contributed by atoms with Crippen LogP contribution in [0.5, 0.6) is 0 Å². The Labute approximate surface area is 151 Å². The van der Waals surface area contributed by atoms with Gasteiger partial charge in [0.2, 0.25) is 11.8 Å². The van der Waals surface area contributed by atoms with Gasteiger partial charge in [0, 0.05) is 24.5 Å². The number of carbonyl (C=O) groups is 2. The summed E-state index contributed by atoms with van der Waals surface area (Å²) in [5.74, 6) is 0.483. The highest BCUT2D eigenvalue weighted by molar-refractivity contribution is 5.89. The van der Waals surface area contributed by atoms with E-state index in [2.05, 4.69) is 43.4 Å². The van der Waals surface area contributed by atoms with Crippen LogP contribution in [-0.2, 0) is 22.4 Å². The minimum atomic E-state index is -0.252. The van der Waals surface area contributed by atoms with E-state index in [0.717, 1.165) is 19.3 Å². The lowest BCUT2D eigenvalue weighted by Gasteiger charge is -2.30. The van der Waals surface area contributed by atoms with Crippen molar-refractivity contribution in [1.29, 1.82) is 0 Å². The fourth-order valence-electron chi connectivity index (χ4n) is 4.41. The first-order valence-corrected chi connectivity index (χ1v) is 9.43. The van der Waals surface area contributed by atoms with E-state index >= 15 is 0 Å². The number of hydrogen-bond donors (Lipinski definition) is 1. The maximum atomic E-state index is 12.7. The largest absolute Gasteiger partial charge is 0.351 e. The Morgan fingerprint density at radius 1 is 1.20 bits per heavy atom. The van der Waals surface area contributed by atoms with Gasteiger partial charge in [-0.3, -0.25) is 9.59 Å². The molecule has 1 heterocycles. The van der Waals surface area contributed by atoms with Crippen molar-refractivity contribution in [2.24, 2.45) is 11.8 Å². The number of nitrogens with zero attached hydrogens (tertiary/aromatic N) is 1. The van der Waals surface area contributed by atoms with Gasteiger partial charge in [0.1, 0.15) is 0 Å². The highest BCUT2D eigenvalue weighted by Crippen LogP contribution is 2.32. The zero-order valence-electron chi connectivity index (χ0n) is 15.8. The van der Waals surface area contributed by atoms with Gasteiger partial charge in [0.25, 0.3) is 0 Å². The SMILES string of the molecule is CC(C)N1C[C@@H](C(=O)NC(C)(C)CC2Cc3ccccc3C2)CC1=O. The molecule has 1 N–H and O–H groups in total. The molecule has 1 atom stereocenters. The van der Waals surface area contributed by atoms with Crippen LogP contribution in [0.4, 0.5) is 0 Å². The van der Waals surface area contributed by atoms with Crippen LogP contribution in [0.2, 0.25) is 0 Å². The molecular weight excluding hydrogens is 312 g/mol. The summed E-state index contributed by atoms with van der Waals surface area (Å²) in [5, 5.41) is 3.21. The lowest BCUT2D eigenvalue weighted by molar-refractivity contribution is -0.130. The van der Waals surface area contributed by atoms with Crippen molar-refractivity contribution in [3.05, 3.63) is 35.4 Å². The third-order valence-corrected chi connectivity index (χ3v) is 5.55. The molecule has 4 heteroatoms. The fraction of sp³-hybridized carbons (Fsp3) is 0.619. The summed E-state index contributed by atoms with van der Waals surface area (Å²) in [7, 11) is 0. The first-order chi connectivity index (χ1) is 11.7. The Kier molecular flexibility index (Phi) is 4.90. The third-order valence-electron chi connectivity index (χ3n) is 5.55. The average Bonchev–Trinajstić information content (AvgIpc) is 3.08. The van der Waals surface area contributed by atoms with Crippen LogP contribution in [0.3, 0.4) is 0 Å². The molecule has 0 radical (unpaired) electrons. The Bertz CT molecular complexity index is 641. The maximum absolute atomic E-state index is 12.7. The van der Waals surface area contributed by atoms with Crippen LogP contribution >= 0.6 is 0 Å². The van der Waals surface area contributed by atoms with E-state index in [9.17, 15) is 9.59 Å². The number of carbonyl (C=O) groups excluding carboxylic acids is 2. The van der Waals surface area contributed by atoms with Crippen molar-refractivity contribution >= 4 is 11.8 Å². The summed E-state index contributed by atoms with van der Waals surface area (Å²) >= 11 is 0. The van der Waals surface area contributed by atoms with Gasteiger partial charge in [-0.2, -0.15) is 0 Å². The quantitative estimate of drug-likeness (QED) is 0.894. The molecule has 4 nitrogen and oxygen atoms in total. The monoisotopic (exact) mass is 342 g/mol. The fourth-order valence-corrected chi connectivity index (χ4v) is 4.41. The molecule has 1 fully saturated rings. The van der Waals surface area contributed by atoms with E-state index < -0.39 is 0 Å². The molecule has 0 spiro atoms. The van der Waals surface area contributed by atoms with Crippen LogP contribution in [-0.4, -0.2) is 34.8 Å². The summed E-state index contributed by atoms with van der Waals surface area (Å²) in [6, 6.07) is 8.80. The molecule has 136 valence electrons. The topological polar surface area (TPSA) is 49.4 Å². The van der Waals surface area contributed by atoms with E-state index in [1.807, 2.05) is 18.7 Å². The Morgan fingerprint density at radius 3 is 2.32 bits per heavy atom.